The van der Waals surface area contributed by atoms with Gasteiger partial charge in [-0.2, -0.15) is 4.37 Å². The Bertz CT molecular complexity index is 936. The van der Waals surface area contributed by atoms with Gasteiger partial charge >= 0.3 is 0 Å². The number of amides is 1. The minimum Gasteiger partial charge on any atom is -0.368 e. The Labute approximate surface area is 173 Å². The molecule has 28 heavy (non-hydrogen) atoms. The number of aromatic nitrogens is 2. The average molecular weight is 411 g/mol. The van der Waals surface area contributed by atoms with Crippen LogP contribution in [0.15, 0.2) is 58.9 Å². The standard InChI is InChI=1S/C21H22N4OS2/c1-16-6-5-7-17(14-16)20-22-21(28-23-20)27-15-19(26)25-12-10-24(11-13-25)18-8-3-2-4-9-18/h2-9,14H,10-13,15H2,1H3. The molecule has 1 aliphatic rings. The summed E-state index contributed by atoms with van der Waals surface area (Å²) in [6, 6.07) is 18.5. The van der Waals surface area contributed by atoms with Crippen molar-refractivity contribution in [3.63, 3.8) is 0 Å². The van der Waals surface area contributed by atoms with Crippen LogP contribution in [-0.2, 0) is 4.79 Å². The molecule has 0 radical (unpaired) electrons. The van der Waals surface area contributed by atoms with E-state index in [0.29, 0.717) is 5.75 Å². The number of para-hydroxylation sites is 1. The summed E-state index contributed by atoms with van der Waals surface area (Å²) in [5.74, 6) is 1.32. The molecule has 0 unspecified atom stereocenters. The number of piperazine rings is 1. The van der Waals surface area contributed by atoms with Crippen molar-refractivity contribution in [1.29, 1.82) is 0 Å². The molecule has 0 bridgehead atoms. The van der Waals surface area contributed by atoms with E-state index in [9.17, 15) is 4.79 Å². The number of benzene rings is 2. The largest absolute Gasteiger partial charge is 0.368 e. The van der Waals surface area contributed by atoms with Gasteiger partial charge in [0.1, 0.15) is 0 Å². The highest BCUT2D eigenvalue weighted by molar-refractivity contribution is 8.01. The summed E-state index contributed by atoms with van der Waals surface area (Å²) in [7, 11) is 0. The van der Waals surface area contributed by atoms with Gasteiger partial charge in [0, 0.05) is 37.4 Å². The lowest BCUT2D eigenvalue weighted by atomic mass is 10.1. The van der Waals surface area contributed by atoms with Crippen LogP contribution in [0, 0.1) is 6.92 Å². The zero-order chi connectivity index (χ0) is 19.3. The van der Waals surface area contributed by atoms with Gasteiger partial charge in [-0.05, 0) is 36.7 Å². The third-order valence-electron chi connectivity index (χ3n) is 4.76. The Kier molecular flexibility index (Phi) is 5.92. The van der Waals surface area contributed by atoms with Crippen LogP contribution in [0.3, 0.4) is 0 Å². The summed E-state index contributed by atoms with van der Waals surface area (Å²) in [5, 5.41) is 0. The Balaban J connectivity index is 1.28. The van der Waals surface area contributed by atoms with Crippen LogP contribution in [0.1, 0.15) is 5.56 Å². The molecule has 1 aliphatic heterocycles. The van der Waals surface area contributed by atoms with Crippen LogP contribution in [0.5, 0.6) is 0 Å². The molecule has 144 valence electrons. The number of carbonyl (C=O) groups is 1. The molecule has 0 saturated carbocycles. The highest BCUT2D eigenvalue weighted by Gasteiger charge is 2.21. The second-order valence-corrected chi connectivity index (χ2v) is 8.72. The van der Waals surface area contributed by atoms with E-state index in [-0.39, 0.29) is 5.91 Å². The van der Waals surface area contributed by atoms with Gasteiger partial charge in [0.05, 0.1) is 5.75 Å². The van der Waals surface area contributed by atoms with Gasteiger partial charge in [-0.1, -0.05) is 53.7 Å². The van der Waals surface area contributed by atoms with Crippen LogP contribution < -0.4 is 4.90 Å². The number of hydrogen-bond acceptors (Lipinski definition) is 6. The molecular weight excluding hydrogens is 388 g/mol. The summed E-state index contributed by atoms with van der Waals surface area (Å²) in [6.45, 7) is 5.33. The molecule has 2 aromatic carbocycles. The van der Waals surface area contributed by atoms with E-state index in [1.54, 1.807) is 0 Å². The second kappa shape index (κ2) is 8.75. The van der Waals surface area contributed by atoms with Gasteiger partial charge in [-0.25, -0.2) is 4.98 Å². The van der Waals surface area contributed by atoms with Crippen molar-refractivity contribution in [3.8, 4) is 11.4 Å². The molecule has 3 aromatic rings. The molecule has 1 saturated heterocycles. The maximum absolute atomic E-state index is 12.6. The highest BCUT2D eigenvalue weighted by atomic mass is 32.2. The fourth-order valence-electron chi connectivity index (χ4n) is 3.24. The van der Waals surface area contributed by atoms with E-state index in [2.05, 4.69) is 57.6 Å². The predicted molar refractivity (Wildman–Crippen MR) is 116 cm³/mol. The van der Waals surface area contributed by atoms with Crippen molar-refractivity contribution in [1.82, 2.24) is 14.3 Å². The van der Waals surface area contributed by atoms with Crippen LogP contribution in [0.4, 0.5) is 5.69 Å². The molecule has 0 N–H and O–H groups in total. The first-order valence-electron chi connectivity index (χ1n) is 9.30. The SMILES string of the molecule is Cc1cccc(-c2nsc(SCC(=O)N3CCN(c4ccccc4)CC3)n2)c1. The van der Waals surface area contributed by atoms with Crippen LogP contribution in [0.2, 0.25) is 0 Å². The zero-order valence-electron chi connectivity index (χ0n) is 15.7. The van der Waals surface area contributed by atoms with Crippen LogP contribution >= 0.6 is 23.3 Å². The first-order valence-corrected chi connectivity index (χ1v) is 11.1. The van der Waals surface area contributed by atoms with E-state index >= 15 is 0 Å². The summed E-state index contributed by atoms with van der Waals surface area (Å²) in [6.07, 6.45) is 0. The summed E-state index contributed by atoms with van der Waals surface area (Å²) >= 11 is 2.84. The normalized spacial score (nSPS) is 14.3. The number of rotatable bonds is 5. The summed E-state index contributed by atoms with van der Waals surface area (Å²) in [5.41, 5.74) is 3.43. The van der Waals surface area contributed by atoms with Gasteiger partial charge in [-0.15, -0.1) is 0 Å². The van der Waals surface area contributed by atoms with E-state index < -0.39 is 0 Å². The lowest BCUT2D eigenvalue weighted by Crippen LogP contribution is -2.49. The van der Waals surface area contributed by atoms with Gasteiger partial charge < -0.3 is 9.80 Å². The number of hydrogen-bond donors (Lipinski definition) is 0. The highest BCUT2D eigenvalue weighted by Crippen LogP contribution is 2.26. The topological polar surface area (TPSA) is 49.3 Å². The van der Waals surface area contributed by atoms with Crippen molar-refractivity contribution in [2.24, 2.45) is 0 Å². The molecule has 1 aromatic heterocycles. The maximum atomic E-state index is 12.6. The molecule has 0 atom stereocenters. The molecular formula is C21H22N4OS2. The first-order chi connectivity index (χ1) is 13.7. The van der Waals surface area contributed by atoms with Gasteiger partial charge in [0.25, 0.3) is 0 Å². The second-order valence-electron chi connectivity index (χ2n) is 6.75. The van der Waals surface area contributed by atoms with Crippen molar-refractivity contribution >= 4 is 34.9 Å². The molecule has 0 spiro atoms. The van der Waals surface area contributed by atoms with Gasteiger partial charge in [0.2, 0.25) is 5.91 Å². The van der Waals surface area contributed by atoms with Crippen LogP contribution in [-0.4, -0.2) is 52.1 Å². The zero-order valence-corrected chi connectivity index (χ0v) is 17.4. The van der Waals surface area contributed by atoms with Crippen molar-refractivity contribution < 1.29 is 4.79 Å². The molecule has 7 heteroatoms. The van der Waals surface area contributed by atoms with Gasteiger partial charge in [0.15, 0.2) is 10.2 Å². The molecule has 4 rings (SSSR count). The fourth-order valence-corrected chi connectivity index (χ4v) is 4.76. The number of thioether (sulfide) groups is 1. The number of nitrogens with zero attached hydrogens (tertiary/aromatic N) is 4. The quantitative estimate of drug-likeness (QED) is 0.596. The molecule has 0 aliphatic carbocycles. The Hall–Kier alpha value is -2.38. The van der Waals surface area contributed by atoms with Crippen molar-refractivity contribution in [2.75, 3.05) is 36.8 Å². The summed E-state index contributed by atoms with van der Waals surface area (Å²) < 4.78 is 5.28. The number of carbonyl (C=O) groups excluding carboxylic acids is 1. The molecule has 1 amide bonds. The third kappa shape index (κ3) is 4.54. The van der Waals surface area contributed by atoms with Crippen LogP contribution in [0.25, 0.3) is 11.4 Å². The lowest BCUT2D eigenvalue weighted by molar-refractivity contribution is -0.128. The molecule has 2 heterocycles. The minimum atomic E-state index is 0.171. The summed E-state index contributed by atoms with van der Waals surface area (Å²) in [4.78, 5) is 21.4. The smallest absolute Gasteiger partial charge is 0.233 e. The predicted octanol–water partition coefficient (Wildman–Crippen LogP) is 3.95. The van der Waals surface area contributed by atoms with Gasteiger partial charge in [-0.3, -0.25) is 4.79 Å². The Morgan fingerprint density at radius 2 is 1.86 bits per heavy atom. The van der Waals surface area contributed by atoms with Crippen molar-refractivity contribution in [3.05, 3.63) is 60.2 Å². The Morgan fingerprint density at radius 1 is 1.07 bits per heavy atom. The molecule has 5 nitrogen and oxygen atoms in total. The Morgan fingerprint density at radius 3 is 2.61 bits per heavy atom. The minimum absolute atomic E-state index is 0.171. The first kappa shape index (κ1) is 19.0. The third-order valence-corrected chi connectivity index (χ3v) is 6.57. The average Bonchev–Trinajstić information content (AvgIpc) is 3.22. The fraction of sp³-hybridized carbons (Fsp3) is 0.286. The van der Waals surface area contributed by atoms with E-state index in [1.165, 1.54) is 34.5 Å². The van der Waals surface area contributed by atoms with E-state index in [1.807, 2.05) is 23.1 Å². The monoisotopic (exact) mass is 410 g/mol. The maximum Gasteiger partial charge on any atom is 0.233 e. The molecule has 1 fully saturated rings. The lowest BCUT2D eigenvalue weighted by Gasteiger charge is -2.36. The number of anilines is 1. The van der Waals surface area contributed by atoms with E-state index in [4.69, 9.17) is 0 Å². The number of aryl methyl sites for hydroxylation is 1. The van der Waals surface area contributed by atoms with Crippen molar-refractivity contribution in [2.45, 2.75) is 11.3 Å². The van der Waals surface area contributed by atoms with E-state index in [0.717, 1.165) is 41.9 Å².